The molecule has 122 valence electrons. The molecule has 0 aliphatic carbocycles. The molecule has 0 aliphatic heterocycles. The normalized spacial score (nSPS) is 10.6. The van der Waals surface area contributed by atoms with Crippen LogP contribution in [0.4, 0.5) is 10.1 Å². The standard InChI is InChI=1S/C18H16FN3O2/c1-11-12(2)21-17-9-14(5-8-16(17)20-11)22-18(23)10-24-15-6-3-13(19)4-7-15/h3-9H,10H2,1-2H3,(H,22,23). The maximum absolute atomic E-state index is 12.8. The van der Waals surface area contributed by atoms with Gasteiger partial charge in [-0.15, -0.1) is 0 Å². The second-order valence-corrected chi connectivity index (χ2v) is 5.39. The minimum Gasteiger partial charge on any atom is -0.484 e. The van der Waals surface area contributed by atoms with Crippen LogP contribution in [0.3, 0.4) is 0 Å². The molecule has 24 heavy (non-hydrogen) atoms. The monoisotopic (exact) mass is 325 g/mol. The molecule has 1 N–H and O–H groups in total. The van der Waals surface area contributed by atoms with E-state index in [2.05, 4.69) is 15.3 Å². The van der Waals surface area contributed by atoms with Gasteiger partial charge in [0.15, 0.2) is 6.61 Å². The molecule has 6 heteroatoms. The van der Waals surface area contributed by atoms with Crippen LogP contribution < -0.4 is 10.1 Å². The highest BCUT2D eigenvalue weighted by Crippen LogP contribution is 2.18. The van der Waals surface area contributed by atoms with Crippen molar-refractivity contribution in [2.45, 2.75) is 13.8 Å². The van der Waals surface area contributed by atoms with Crippen LogP contribution >= 0.6 is 0 Å². The highest BCUT2D eigenvalue weighted by molar-refractivity contribution is 5.93. The second-order valence-electron chi connectivity index (χ2n) is 5.39. The third-order valence-corrected chi connectivity index (χ3v) is 3.54. The molecule has 1 amide bonds. The van der Waals surface area contributed by atoms with E-state index in [9.17, 15) is 9.18 Å². The van der Waals surface area contributed by atoms with Crippen LogP contribution in [0, 0.1) is 19.7 Å². The number of rotatable bonds is 4. The lowest BCUT2D eigenvalue weighted by molar-refractivity contribution is -0.118. The molecule has 0 saturated carbocycles. The van der Waals surface area contributed by atoms with Crippen molar-refractivity contribution in [3.8, 4) is 5.75 Å². The zero-order valence-electron chi connectivity index (χ0n) is 13.3. The van der Waals surface area contributed by atoms with Gasteiger partial charge in [0.25, 0.3) is 5.91 Å². The van der Waals surface area contributed by atoms with Crippen molar-refractivity contribution in [3.63, 3.8) is 0 Å². The largest absolute Gasteiger partial charge is 0.484 e. The number of nitrogens with zero attached hydrogens (tertiary/aromatic N) is 2. The smallest absolute Gasteiger partial charge is 0.262 e. The summed E-state index contributed by atoms with van der Waals surface area (Å²) in [5.41, 5.74) is 3.85. The van der Waals surface area contributed by atoms with Crippen LogP contribution in [-0.2, 0) is 4.79 Å². The van der Waals surface area contributed by atoms with Gasteiger partial charge in [-0.2, -0.15) is 0 Å². The molecule has 1 heterocycles. The minimum absolute atomic E-state index is 0.164. The SMILES string of the molecule is Cc1nc2ccc(NC(=O)COc3ccc(F)cc3)cc2nc1C. The van der Waals surface area contributed by atoms with Crippen LogP contribution in [0.5, 0.6) is 5.75 Å². The molecular weight excluding hydrogens is 309 g/mol. The highest BCUT2D eigenvalue weighted by atomic mass is 19.1. The van der Waals surface area contributed by atoms with E-state index in [1.165, 1.54) is 24.3 Å². The number of ether oxygens (including phenoxy) is 1. The van der Waals surface area contributed by atoms with Gasteiger partial charge in [-0.3, -0.25) is 4.79 Å². The fraction of sp³-hybridized carbons (Fsp3) is 0.167. The molecule has 2 aromatic carbocycles. The molecule has 5 nitrogen and oxygen atoms in total. The number of hydrogen-bond acceptors (Lipinski definition) is 4. The number of carbonyl (C=O) groups excluding carboxylic acids is 1. The Morgan fingerprint density at radius 1 is 1.04 bits per heavy atom. The number of nitrogens with one attached hydrogen (secondary N) is 1. The van der Waals surface area contributed by atoms with Crippen LogP contribution in [0.1, 0.15) is 11.4 Å². The van der Waals surface area contributed by atoms with Crippen LogP contribution in [-0.4, -0.2) is 22.5 Å². The maximum Gasteiger partial charge on any atom is 0.262 e. The lowest BCUT2D eigenvalue weighted by atomic mass is 10.2. The van der Waals surface area contributed by atoms with Gasteiger partial charge in [0, 0.05) is 5.69 Å². The summed E-state index contributed by atoms with van der Waals surface area (Å²) in [6.45, 7) is 3.64. The molecule has 0 spiro atoms. The summed E-state index contributed by atoms with van der Waals surface area (Å²) in [5.74, 6) is -0.230. The lowest BCUT2D eigenvalue weighted by Crippen LogP contribution is -2.20. The second kappa shape index (κ2) is 6.62. The lowest BCUT2D eigenvalue weighted by Gasteiger charge is -2.09. The van der Waals surface area contributed by atoms with Crippen LogP contribution in [0.2, 0.25) is 0 Å². The van der Waals surface area contributed by atoms with E-state index in [-0.39, 0.29) is 18.3 Å². The first-order chi connectivity index (χ1) is 11.5. The van der Waals surface area contributed by atoms with Crippen LogP contribution in [0.25, 0.3) is 11.0 Å². The van der Waals surface area contributed by atoms with E-state index in [4.69, 9.17) is 4.74 Å². The number of hydrogen-bond donors (Lipinski definition) is 1. The fourth-order valence-electron chi connectivity index (χ4n) is 2.19. The van der Waals surface area contributed by atoms with E-state index in [1.54, 1.807) is 12.1 Å². The Labute approximate surface area is 138 Å². The molecule has 3 aromatic rings. The Hall–Kier alpha value is -3.02. The molecule has 0 saturated heterocycles. The van der Waals surface area contributed by atoms with Crippen molar-refractivity contribution in [1.29, 1.82) is 0 Å². The molecule has 0 aliphatic rings. The van der Waals surface area contributed by atoms with Crippen molar-refractivity contribution in [2.75, 3.05) is 11.9 Å². The van der Waals surface area contributed by atoms with Gasteiger partial charge in [-0.05, 0) is 56.3 Å². The number of aromatic nitrogens is 2. The van der Waals surface area contributed by atoms with Gasteiger partial charge in [0.1, 0.15) is 11.6 Å². The number of anilines is 1. The molecule has 3 rings (SSSR count). The molecule has 0 fully saturated rings. The van der Waals surface area contributed by atoms with E-state index in [0.29, 0.717) is 11.4 Å². The number of aryl methyl sites for hydroxylation is 2. The summed E-state index contributed by atoms with van der Waals surface area (Å²) < 4.78 is 18.1. The predicted octanol–water partition coefficient (Wildman–Crippen LogP) is 3.40. The van der Waals surface area contributed by atoms with Crippen LogP contribution in [0.15, 0.2) is 42.5 Å². The van der Waals surface area contributed by atoms with E-state index < -0.39 is 0 Å². The first-order valence-corrected chi connectivity index (χ1v) is 7.44. The average molecular weight is 325 g/mol. The third-order valence-electron chi connectivity index (χ3n) is 3.54. The van der Waals surface area contributed by atoms with E-state index in [0.717, 1.165) is 22.4 Å². The summed E-state index contributed by atoms with van der Waals surface area (Å²) in [5, 5.41) is 2.74. The van der Waals surface area contributed by atoms with Gasteiger partial charge in [0.2, 0.25) is 0 Å². The fourth-order valence-corrected chi connectivity index (χ4v) is 2.19. The van der Waals surface area contributed by atoms with Gasteiger partial charge in [-0.25, -0.2) is 14.4 Å². The van der Waals surface area contributed by atoms with E-state index >= 15 is 0 Å². The van der Waals surface area contributed by atoms with Gasteiger partial charge in [0.05, 0.1) is 22.4 Å². The Morgan fingerprint density at radius 2 is 1.71 bits per heavy atom. The van der Waals surface area contributed by atoms with E-state index in [1.807, 2.05) is 19.9 Å². The molecule has 0 radical (unpaired) electrons. The minimum atomic E-state index is -0.352. The quantitative estimate of drug-likeness (QED) is 0.798. The molecule has 0 atom stereocenters. The maximum atomic E-state index is 12.8. The highest BCUT2D eigenvalue weighted by Gasteiger charge is 2.07. The average Bonchev–Trinajstić information content (AvgIpc) is 2.56. The van der Waals surface area contributed by atoms with Gasteiger partial charge in [-0.1, -0.05) is 0 Å². The Balaban J connectivity index is 1.66. The predicted molar refractivity (Wildman–Crippen MR) is 89.5 cm³/mol. The molecule has 0 bridgehead atoms. The summed E-state index contributed by atoms with van der Waals surface area (Å²) >= 11 is 0. The number of halogens is 1. The van der Waals surface area contributed by atoms with Crippen molar-refractivity contribution in [3.05, 3.63) is 59.7 Å². The molecule has 1 aromatic heterocycles. The Morgan fingerprint density at radius 3 is 2.42 bits per heavy atom. The first kappa shape index (κ1) is 15.9. The number of carbonyl (C=O) groups is 1. The van der Waals surface area contributed by atoms with Crippen molar-refractivity contribution in [1.82, 2.24) is 9.97 Å². The van der Waals surface area contributed by atoms with Crippen molar-refractivity contribution < 1.29 is 13.9 Å². The topological polar surface area (TPSA) is 64.1 Å². The van der Waals surface area contributed by atoms with Crippen molar-refractivity contribution in [2.24, 2.45) is 0 Å². The number of fused-ring (bicyclic) bond motifs is 1. The van der Waals surface area contributed by atoms with Gasteiger partial charge < -0.3 is 10.1 Å². The Bertz CT molecular complexity index is 895. The van der Waals surface area contributed by atoms with Crippen molar-refractivity contribution >= 4 is 22.6 Å². The number of amides is 1. The van der Waals surface area contributed by atoms with Gasteiger partial charge >= 0.3 is 0 Å². The molecular formula is C18H16FN3O2. The summed E-state index contributed by atoms with van der Waals surface area (Å²) in [6, 6.07) is 10.8. The zero-order chi connectivity index (χ0) is 17.1. The number of benzene rings is 2. The third kappa shape index (κ3) is 3.65. The summed E-state index contributed by atoms with van der Waals surface area (Å²) in [7, 11) is 0. The molecule has 0 unspecified atom stereocenters. The first-order valence-electron chi connectivity index (χ1n) is 7.44. The summed E-state index contributed by atoms with van der Waals surface area (Å²) in [4.78, 5) is 20.9. The zero-order valence-corrected chi connectivity index (χ0v) is 13.3. The summed E-state index contributed by atoms with van der Waals surface area (Å²) in [6.07, 6.45) is 0. The Kier molecular flexibility index (Phi) is 4.37.